The molecule has 0 heterocycles. The van der Waals surface area contributed by atoms with E-state index in [2.05, 4.69) is 19.2 Å². The van der Waals surface area contributed by atoms with Gasteiger partial charge in [-0.2, -0.15) is 12.6 Å². The van der Waals surface area contributed by atoms with E-state index >= 15 is 0 Å². The van der Waals surface area contributed by atoms with Crippen molar-refractivity contribution in [2.45, 2.75) is 6.04 Å². The lowest BCUT2D eigenvalue weighted by Gasteiger charge is -1.96. The average Bonchev–Trinajstić information content (AvgIpc) is 2.04. The molecule has 0 unspecified atom stereocenters. The molecule has 0 saturated heterocycles. The van der Waals surface area contributed by atoms with Gasteiger partial charge in [0.15, 0.2) is 10.7 Å². The van der Waals surface area contributed by atoms with Gasteiger partial charge in [-0.05, 0) is 0 Å². The molecule has 0 saturated carbocycles. The Labute approximate surface area is 77.6 Å². The van der Waals surface area contributed by atoms with E-state index in [1.165, 1.54) is 0 Å². The molecule has 0 radical (unpaired) electrons. The lowest BCUT2D eigenvalue weighted by Crippen LogP contribution is -2.31. The van der Waals surface area contributed by atoms with Crippen LogP contribution in [-0.4, -0.2) is 31.3 Å². The number of hydrogen-bond acceptors (Lipinski definition) is 5. The third-order valence-electron chi connectivity index (χ3n) is 0.663. The minimum absolute atomic E-state index is 0.190. The zero-order chi connectivity index (χ0) is 10.1. The Morgan fingerprint density at radius 3 is 2.08 bits per heavy atom. The summed E-state index contributed by atoms with van der Waals surface area (Å²) in [7, 11) is -2.33. The molecule has 0 rings (SSSR count). The highest BCUT2D eigenvalue weighted by Crippen LogP contribution is 1.80. The van der Waals surface area contributed by atoms with Crippen molar-refractivity contribution in [3.63, 3.8) is 0 Å². The predicted molar refractivity (Wildman–Crippen MR) is 50.0 cm³/mol. The minimum Gasteiger partial charge on any atom is -0.480 e. The average molecular weight is 213 g/mol. The zero-order valence-corrected chi connectivity index (χ0v) is 8.00. The molecule has 12 heavy (non-hydrogen) atoms. The van der Waals surface area contributed by atoms with Crippen LogP contribution in [-0.2, 0) is 15.5 Å². The van der Waals surface area contributed by atoms with Gasteiger partial charge in [-0.1, -0.05) is 6.58 Å². The first kappa shape index (κ1) is 14.0. The fourth-order valence-corrected chi connectivity index (χ4v) is 0.234. The molecule has 0 aromatic carbocycles. The number of carbonyl (C=O) groups is 1. The van der Waals surface area contributed by atoms with Crippen LogP contribution >= 0.6 is 12.6 Å². The van der Waals surface area contributed by atoms with Gasteiger partial charge in [0.2, 0.25) is 0 Å². The molecule has 0 amide bonds. The van der Waals surface area contributed by atoms with Crippen molar-refractivity contribution in [3.05, 3.63) is 12.0 Å². The second kappa shape index (κ2) is 8.57. The number of aliphatic carboxylic acids is 1. The van der Waals surface area contributed by atoms with Crippen molar-refractivity contribution < 1.29 is 18.3 Å². The maximum absolute atomic E-state index is 9.76. The Morgan fingerprint density at radius 1 is 1.75 bits per heavy atom. The lowest BCUT2D eigenvalue weighted by atomic mass is 10.4. The van der Waals surface area contributed by atoms with Crippen LogP contribution in [0.15, 0.2) is 12.0 Å². The SMILES string of the molecule is C=C[SH](=O)=O.N[C@@H](CS)C(=O)O. The second-order valence-electron chi connectivity index (χ2n) is 1.60. The summed E-state index contributed by atoms with van der Waals surface area (Å²) in [6.07, 6.45) is 0. The van der Waals surface area contributed by atoms with E-state index in [0.717, 1.165) is 5.41 Å². The van der Waals surface area contributed by atoms with Gasteiger partial charge in [0.05, 0.1) is 0 Å². The van der Waals surface area contributed by atoms with Gasteiger partial charge >= 0.3 is 5.97 Å². The summed E-state index contributed by atoms with van der Waals surface area (Å²) in [5.41, 5.74) is 4.94. The smallest absolute Gasteiger partial charge is 0.321 e. The molecule has 0 aliphatic carbocycles. The summed E-state index contributed by atoms with van der Waals surface area (Å²) in [6.45, 7) is 2.96. The topological polar surface area (TPSA) is 97.5 Å². The van der Waals surface area contributed by atoms with Crippen LogP contribution in [0.1, 0.15) is 0 Å². The maximum atomic E-state index is 9.76. The molecule has 0 aliphatic heterocycles. The third-order valence-corrected chi connectivity index (χ3v) is 1.35. The summed E-state index contributed by atoms with van der Waals surface area (Å²) in [5, 5.41) is 8.88. The first-order valence-corrected chi connectivity index (χ1v) is 4.68. The fourth-order valence-electron chi connectivity index (χ4n) is 0.0781. The van der Waals surface area contributed by atoms with Crippen LogP contribution in [0.5, 0.6) is 0 Å². The van der Waals surface area contributed by atoms with Crippen molar-refractivity contribution in [1.82, 2.24) is 0 Å². The van der Waals surface area contributed by atoms with Crippen LogP contribution in [0.25, 0.3) is 0 Å². The van der Waals surface area contributed by atoms with E-state index in [0.29, 0.717) is 0 Å². The molecule has 0 aromatic heterocycles. The van der Waals surface area contributed by atoms with Crippen molar-refractivity contribution in [2.24, 2.45) is 5.73 Å². The van der Waals surface area contributed by atoms with Crippen LogP contribution in [0.3, 0.4) is 0 Å². The highest BCUT2D eigenvalue weighted by Gasteiger charge is 2.06. The Balaban J connectivity index is 0. The Morgan fingerprint density at radius 2 is 2.08 bits per heavy atom. The summed E-state index contributed by atoms with van der Waals surface area (Å²) in [6, 6.07) is -0.816. The lowest BCUT2D eigenvalue weighted by molar-refractivity contribution is -0.137. The standard InChI is InChI=1S/C3H7NO2S.C2H4O2S/c4-2(1-7)3(5)6;1-2-5(3)4/h2,7H,1,4H2,(H,5,6);2,5H,1H2/t2-;/m0./s1. The number of thiol groups is 2. The van der Waals surface area contributed by atoms with Crippen LogP contribution in [0.4, 0.5) is 0 Å². The number of hydrogen-bond donors (Lipinski definition) is 4. The van der Waals surface area contributed by atoms with Crippen LogP contribution < -0.4 is 5.73 Å². The van der Waals surface area contributed by atoms with Gasteiger partial charge < -0.3 is 10.8 Å². The first-order valence-electron chi connectivity index (χ1n) is 2.81. The van der Waals surface area contributed by atoms with Crippen molar-refractivity contribution in [2.75, 3.05) is 5.75 Å². The summed E-state index contributed by atoms with van der Waals surface area (Å²) >= 11 is 3.65. The molecular formula is C5H11NO4S2. The molecule has 0 fully saturated rings. The van der Waals surface area contributed by atoms with E-state index in [4.69, 9.17) is 10.8 Å². The van der Waals surface area contributed by atoms with Gasteiger partial charge in [-0.15, -0.1) is 0 Å². The second-order valence-corrected chi connectivity index (χ2v) is 2.90. The highest BCUT2D eigenvalue weighted by molar-refractivity contribution is 7.80. The predicted octanol–water partition coefficient (Wildman–Crippen LogP) is -0.931. The van der Waals surface area contributed by atoms with E-state index in [9.17, 15) is 13.2 Å². The number of nitrogens with two attached hydrogens (primary N) is 1. The third kappa shape index (κ3) is 12.2. The normalized spacial score (nSPS) is 11.2. The highest BCUT2D eigenvalue weighted by atomic mass is 32.2. The molecule has 72 valence electrons. The first-order chi connectivity index (χ1) is 5.45. The summed E-state index contributed by atoms with van der Waals surface area (Å²) in [5.74, 6) is -0.815. The van der Waals surface area contributed by atoms with E-state index in [-0.39, 0.29) is 5.75 Å². The van der Waals surface area contributed by atoms with Gasteiger partial charge in [0, 0.05) is 11.2 Å². The number of rotatable bonds is 3. The van der Waals surface area contributed by atoms with Gasteiger partial charge in [-0.25, -0.2) is 8.42 Å². The van der Waals surface area contributed by atoms with Gasteiger partial charge in [0.1, 0.15) is 6.04 Å². The molecule has 5 nitrogen and oxygen atoms in total. The summed E-state index contributed by atoms with van der Waals surface area (Å²) < 4.78 is 18.6. The molecule has 3 N–H and O–H groups in total. The van der Waals surface area contributed by atoms with E-state index in [1.54, 1.807) is 0 Å². The van der Waals surface area contributed by atoms with Gasteiger partial charge in [-0.3, -0.25) is 4.79 Å². The summed E-state index contributed by atoms with van der Waals surface area (Å²) in [4.78, 5) is 9.76. The fraction of sp³-hybridized carbons (Fsp3) is 0.400. The van der Waals surface area contributed by atoms with Crippen molar-refractivity contribution >= 4 is 29.3 Å². The zero-order valence-electron chi connectivity index (χ0n) is 6.21. The van der Waals surface area contributed by atoms with Crippen molar-refractivity contribution in [3.8, 4) is 0 Å². The molecular weight excluding hydrogens is 202 g/mol. The van der Waals surface area contributed by atoms with E-state index in [1.807, 2.05) is 0 Å². The Hall–Kier alpha value is -0.530. The van der Waals surface area contributed by atoms with Gasteiger partial charge in [0.25, 0.3) is 0 Å². The molecule has 1 atom stereocenters. The molecule has 0 spiro atoms. The van der Waals surface area contributed by atoms with Crippen LogP contribution in [0, 0.1) is 0 Å². The van der Waals surface area contributed by atoms with Crippen LogP contribution in [0.2, 0.25) is 0 Å². The minimum atomic E-state index is -2.33. The Bertz CT molecular complexity index is 205. The maximum Gasteiger partial charge on any atom is 0.321 e. The Kier molecular flexibility index (Phi) is 10.0. The van der Waals surface area contributed by atoms with E-state index < -0.39 is 22.7 Å². The molecule has 0 aromatic rings. The monoisotopic (exact) mass is 213 g/mol. The number of carboxylic acid groups (broad SMARTS) is 1. The quantitative estimate of drug-likeness (QED) is 0.454. The number of carboxylic acids is 1. The van der Waals surface area contributed by atoms with Crippen molar-refractivity contribution in [1.29, 1.82) is 0 Å². The molecule has 7 heteroatoms. The molecule has 0 bridgehead atoms. The molecule has 0 aliphatic rings. The largest absolute Gasteiger partial charge is 0.480 e.